The van der Waals surface area contributed by atoms with E-state index < -0.39 is 0 Å². The van der Waals surface area contributed by atoms with Crippen LogP contribution >= 0.6 is 22.9 Å². The molecular weight excluding hydrogens is 392 g/mol. The third-order valence-corrected chi connectivity index (χ3v) is 4.76. The third-order valence-electron chi connectivity index (χ3n) is 3.56. The van der Waals surface area contributed by atoms with E-state index in [1.807, 2.05) is 24.3 Å². The third kappa shape index (κ3) is 4.42. The minimum Gasteiger partial charge on any atom is -1.00 e. The first-order valence-electron chi connectivity index (χ1n) is 7.32. The monoisotopic (exact) mass is 408 g/mol. The van der Waals surface area contributed by atoms with Crippen molar-refractivity contribution in [1.29, 1.82) is 0 Å². The molecule has 23 heavy (non-hydrogen) atoms. The molecule has 0 aliphatic carbocycles. The first kappa shape index (κ1) is 18.1. The van der Waals surface area contributed by atoms with Crippen molar-refractivity contribution in [2.45, 2.75) is 12.3 Å². The minimum absolute atomic E-state index is 0. The summed E-state index contributed by atoms with van der Waals surface area (Å²) in [5.41, 5.74) is 7.44. The van der Waals surface area contributed by atoms with Crippen LogP contribution in [0.25, 0.3) is 0 Å². The molecule has 0 radical (unpaired) electrons. The predicted octanol–water partition coefficient (Wildman–Crippen LogP) is 0.765. The fraction of sp³-hybridized carbons (Fsp3) is 0.167. The Hall–Kier alpha value is -1.20. The second-order valence-electron chi connectivity index (χ2n) is 5.18. The molecule has 0 aliphatic rings. The minimum atomic E-state index is 0. The highest BCUT2D eigenvalue weighted by Gasteiger charge is 2.20. The van der Waals surface area contributed by atoms with E-state index in [0.717, 1.165) is 28.7 Å². The van der Waals surface area contributed by atoms with Gasteiger partial charge < -0.3 is 22.7 Å². The normalized spacial score (nSPS) is 11.7. The zero-order valence-electron chi connectivity index (χ0n) is 12.6. The van der Waals surface area contributed by atoms with Crippen molar-refractivity contribution < 1.29 is 22.7 Å². The van der Waals surface area contributed by atoms with Crippen LogP contribution in [0, 0.1) is 0 Å². The van der Waals surface area contributed by atoms with Gasteiger partial charge in [-0.05, 0) is 23.3 Å². The van der Waals surface area contributed by atoms with Crippen LogP contribution in [-0.2, 0) is 6.42 Å². The van der Waals surface area contributed by atoms with E-state index in [1.54, 1.807) is 11.3 Å². The number of rotatable bonds is 5. The number of aromatic nitrogens is 1. The second kappa shape index (κ2) is 8.60. The van der Waals surface area contributed by atoms with Gasteiger partial charge in [-0.3, -0.25) is 0 Å². The lowest BCUT2D eigenvalue weighted by Gasteiger charge is -2.16. The largest absolute Gasteiger partial charge is 1.00 e. The van der Waals surface area contributed by atoms with Crippen LogP contribution in [0.5, 0.6) is 0 Å². The first-order chi connectivity index (χ1) is 10.8. The van der Waals surface area contributed by atoms with Gasteiger partial charge in [-0.2, -0.15) is 0 Å². The molecule has 0 aliphatic heterocycles. The van der Waals surface area contributed by atoms with Crippen LogP contribution in [-0.4, -0.2) is 11.5 Å². The van der Waals surface area contributed by atoms with E-state index in [4.69, 9.17) is 16.6 Å². The highest BCUT2D eigenvalue weighted by molar-refractivity contribution is 7.09. The summed E-state index contributed by atoms with van der Waals surface area (Å²) in [6.45, 7) is 0.871. The number of hydrogen-bond acceptors (Lipinski definition) is 2. The lowest BCUT2D eigenvalue weighted by Crippen LogP contribution is -3.00. The number of benzene rings is 2. The van der Waals surface area contributed by atoms with Crippen LogP contribution in [0.1, 0.15) is 27.7 Å². The van der Waals surface area contributed by atoms with Crippen molar-refractivity contribution in [2.75, 3.05) is 6.54 Å². The number of thiazole rings is 1. The van der Waals surface area contributed by atoms with Gasteiger partial charge in [0.1, 0.15) is 5.01 Å². The Bertz CT molecular complexity index is 746. The Morgan fingerprint density at radius 1 is 1.04 bits per heavy atom. The van der Waals surface area contributed by atoms with Crippen molar-refractivity contribution in [2.24, 2.45) is 0 Å². The lowest BCUT2D eigenvalue weighted by atomic mass is 9.92. The maximum absolute atomic E-state index is 6.19. The van der Waals surface area contributed by atoms with Crippen molar-refractivity contribution in [3.8, 4) is 0 Å². The molecule has 3 aromatic rings. The van der Waals surface area contributed by atoms with Crippen molar-refractivity contribution in [3.05, 3.63) is 86.8 Å². The van der Waals surface area contributed by atoms with Crippen molar-refractivity contribution in [1.82, 2.24) is 4.98 Å². The van der Waals surface area contributed by atoms with Crippen LogP contribution in [0.3, 0.4) is 0 Å². The molecule has 3 N–H and O–H groups in total. The second-order valence-corrected chi connectivity index (χ2v) is 6.51. The van der Waals surface area contributed by atoms with Gasteiger partial charge in [0.05, 0.1) is 18.2 Å². The molecule has 2 nitrogen and oxygen atoms in total. The Labute approximate surface area is 156 Å². The van der Waals surface area contributed by atoms with Gasteiger partial charge in [-0.15, -0.1) is 11.3 Å². The Balaban J connectivity index is 0.00000192. The molecule has 0 saturated heterocycles. The van der Waals surface area contributed by atoms with E-state index in [1.165, 1.54) is 11.1 Å². The summed E-state index contributed by atoms with van der Waals surface area (Å²) in [5, 5.41) is 4.01. The topological polar surface area (TPSA) is 40.5 Å². The van der Waals surface area contributed by atoms with Gasteiger partial charge in [-0.1, -0.05) is 54.1 Å². The average molecular weight is 410 g/mol. The Morgan fingerprint density at radius 3 is 2.48 bits per heavy atom. The van der Waals surface area contributed by atoms with E-state index in [-0.39, 0.29) is 22.9 Å². The molecule has 0 bridgehead atoms. The van der Waals surface area contributed by atoms with Crippen LogP contribution in [0.2, 0.25) is 5.02 Å². The highest BCUT2D eigenvalue weighted by Crippen LogP contribution is 2.34. The fourth-order valence-electron chi connectivity index (χ4n) is 2.56. The molecule has 1 unspecified atom stereocenters. The lowest BCUT2D eigenvalue weighted by molar-refractivity contribution is -0.366. The number of quaternary nitrogens is 1. The zero-order chi connectivity index (χ0) is 15.4. The molecule has 1 heterocycles. The summed E-state index contributed by atoms with van der Waals surface area (Å²) in [7, 11) is 0. The van der Waals surface area contributed by atoms with Crippen LogP contribution in [0.15, 0.2) is 60.0 Å². The molecule has 120 valence electrons. The summed E-state index contributed by atoms with van der Waals surface area (Å²) < 4.78 is 0. The zero-order valence-corrected chi connectivity index (χ0v) is 15.7. The van der Waals surface area contributed by atoms with Crippen LogP contribution in [0.4, 0.5) is 0 Å². The summed E-state index contributed by atoms with van der Waals surface area (Å²) in [5.74, 6) is 0.128. The summed E-state index contributed by atoms with van der Waals surface area (Å²) >= 11 is 7.90. The molecule has 2 aromatic carbocycles. The van der Waals surface area contributed by atoms with E-state index in [9.17, 15) is 0 Å². The number of nitrogens with zero attached hydrogens (tertiary/aromatic N) is 1. The SMILES string of the molecule is [Br-].[NH3+]CCc1csc(C(c2ccccc2)c2cccc(Cl)c2)n1. The quantitative estimate of drug-likeness (QED) is 0.664. The molecule has 0 saturated carbocycles. The van der Waals surface area contributed by atoms with Crippen molar-refractivity contribution >= 4 is 22.9 Å². The maximum Gasteiger partial charge on any atom is 0.105 e. The van der Waals surface area contributed by atoms with Crippen LogP contribution < -0.4 is 22.7 Å². The first-order valence-corrected chi connectivity index (χ1v) is 8.57. The molecule has 3 rings (SSSR count). The van der Waals surface area contributed by atoms with E-state index >= 15 is 0 Å². The van der Waals surface area contributed by atoms with Crippen molar-refractivity contribution in [3.63, 3.8) is 0 Å². The van der Waals surface area contributed by atoms with E-state index in [2.05, 4.69) is 41.4 Å². The highest BCUT2D eigenvalue weighted by atomic mass is 79.9. The Morgan fingerprint density at radius 2 is 1.78 bits per heavy atom. The smallest absolute Gasteiger partial charge is 0.105 e. The molecule has 5 heteroatoms. The molecular formula is C18H18BrClN2S. The average Bonchev–Trinajstić information content (AvgIpc) is 2.97. The Kier molecular flexibility index (Phi) is 6.78. The van der Waals surface area contributed by atoms with Gasteiger partial charge in [-0.25, -0.2) is 4.98 Å². The molecule has 0 spiro atoms. The van der Waals surface area contributed by atoms with Gasteiger partial charge in [0.25, 0.3) is 0 Å². The number of halogens is 2. The summed E-state index contributed by atoms with van der Waals surface area (Å²) in [4.78, 5) is 4.82. The maximum atomic E-state index is 6.19. The van der Waals surface area contributed by atoms with Gasteiger partial charge in [0.2, 0.25) is 0 Å². The molecule has 0 fully saturated rings. The summed E-state index contributed by atoms with van der Waals surface area (Å²) in [6, 6.07) is 18.5. The number of hydrogen-bond donors (Lipinski definition) is 1. The molecule has 0 amide bonds. The van der Waals surface area contributed by atoms with Gasteiger partial charge >= 0.3 is 0 Å². The molecule has 1 atom stereocenters. The van der Waals surface area contributed by atoms with Gasteiger partial charge in [0.15, 0.2) is 0 Å². The standard InChI is InChI=1S/C18H17ClN2S.BrH/c19-15-8-4-7-14(11-15)17(13-5-2-1-3-6-13)18-21-16(9-10-20)12-22-18;/h1-8,11-12,17H,9-10,20H2;1H. The predicted molar refractivity (Wildman–Crippen MR) is 92.4 cm³/mol. The fourth-order valence-corrected chi connectivity index (χ4v) is 3.76. The van der Waals surface area contributed by atoms with E-state index in [0.29, 0.717) is 0 Å². The van der Waals surface area contributed by atoms with Gasteiger partial charge in [0, 0.05) is 16.8 Å². The summed E-state index contributed by atoms with van der Waals surface area (Å²) in [6.07, 6.45) is 0.924. The molecule has 1 aromatic heterocycles.